The molecule has 1 aromatic rings. The minimum Gasteiger partial charge on any atom is -0.373 e. The lowest BCUT2D eigenvalue weighted by molar-refractivity contribution is -0.384. The first kappa shape index (κ1) is 10.5. The number of hydrogen-bond donors (Lipinski definition) is 0. The largest absolute Gasteiger partial charge is 0.373 e. The number of ether oxygens (including phenoxy) is 1. The normalized spacial score (nSPS) is 27.2. The lowest BCUT2D eigenvalue weighted by atomic mass is 9.94. The molecule has 17 heavy (non-hydrogen) atoms. The molecular formula is C12H14N2O3. The van der Waals surface area contributed by atoms with Gasteiger partial charge in [-0.3, -0.25) is 10.1 Å². The van der Waals surface area contributed by atoms with Crippen LogP contribution in [0.25, 0.3) is 0 Å². The number of nitro benzene ring substituents is 1. The average Bonchev–Trinajstić information content (AvgIpc) is 2.74. The van der Waals surface area contributed by atoms with E-state index in [-0.39, 0.29) is 16.2 Å². The molecule has 0 radical (unpaired) electrons. The van der Waals surface area contributed by atoms with Gasteiger partial charge in [-0.25, -0.2) is 0 Å². The first-order valence-electron chi connectivity index (χ1n) is 5.82. The monoisotopic (exact) mass is 234 g/mol. The molecule has 0 unspecified atom stereocenters. The van der Waals surface area contributed by atoms with Crippen LogP contribution >= 0.6 is 0 Å². The van der Waals surface area contributed by atoms with Crippen LogP contribution in [-0.2, 0) is 4.74 Å². The van der Waals surface area contributed by atoms with Gasteiger partial charge in [0.2, 0.25) is 0 Å². The fourth-order valence-corrected chi connectivity index (χ4v) is 2.56. The highest BCUT2D eigenvalue weighted by atomic mass is 16.6. The molecule has 2 aliphatic heterocycles. The van der Waals surface area contributed by atoms with Gasteiger partial charge in [0, 0.05) is 37.3 Å². The van der Waals surface area contributed by atoms with Crippen molar-refractivity contribution in [3.05, 3.63) is 34.4 Å². The maximum absolute atomic E-state index is 10.6. The molecule has 3 rings (SSSR count). The molecule has 0 bridgehead atoms. The summed E-state index contributed by atoms with van der Waals surface area (Å²) in [6.45, 7) is 2.75. The summed E-state index contributed by atoms with van der Waals surface area (Å²) in [5.41, 5.74) is 1.26. The molecule has 1 atom stereocenters. The molecule has 0 N–H and O–H groups in total. The van der Waals surface area contributed by atoms with Crippen LogP contribution in [0.4, 0.5) is 11.4 Å². The Morgan fingerprint density at radius 3 is 2.47 bits per heavy atom. The minimum absolute atomic E-state index is 0.0712. The van der Waals surface area contributed by atoms with E-state index in [9.17, 15) is 10.1 Å². The quantitative estimate of drug-likeness (QED) is 0.580. The van der Waals surface area contributed by atoms with Gasteiger partial charge in [-0.2, -0.15) is 0 Å². The van der Waals surface area contributed by atoms with E-state index >= 15 is 0 Å². The second kappa shape index (κ2) is 3.70. The van der Waals surface area contributed by atoms with Gasteiger partial charge in [-0.05, 0) is 18.6 Å². The fourth-order valence-electron chi connectivity index (χ4n) is 2.56. The number of nitrogens with zero attached hydrogens (tertiary/aromatic N) is 2. The Morgan fingerprint density at radius 1 is 1.29 bits per heavy atom. The van der Waals surface area contributed by atoms with Crippen LogP contribution < -0.4 is 4.90 Å². The topological polar surface area (TPSA) is 55.6 Å². The van der Waals surface area contributed by atoms with Crippen molar-refractivity contribution in [1.82, 2.24) is 0 Å². The first-order chi connectivity index (χ1) is 8.19. The molecule has 0 amide bonds. The summed E-state index contributed by atoms with van der Waals surface area (Å²) in [5.74, 6) is 0. The minimum atomic E-state index is -0.371. The van der Waals surface area contributed by atoms with Gasteiger partial charge in [0.15, 0.2) is 0 Å². The zero-order chi connectivity index (χ0) is 11.9. The Kier molecular flexibility index (Phi) is 2.29. The molecule has 2 saturated heterocycles. The second-order valence-electron chi connectivity index (χ2n) is 4.73. The van der Waals surface area contributed by atoms with Gasteiger partial charge < -0.3 is 9.64 Å². The van der Waals surface area contributed by atoms with Crippen molar-refractivity contribution in [2.75, 3.05) is 24.6 Å². The zero-order valence-electron chi connectivity index (χ0n) is 9.46. The van der Waals surface area contributed by atoms with Crippen LogP contribution in [0.2, 0.25) is 0 Å². The summed E-state index contributed by atoms with van der Waals surface area (Å²) >= 11 is 0. The number of benzene rings is 1. The standard InChI is InChI=1S/C12H14N2O3/c15-14(16)11-3-1-10(2-4-11)13-7-5-12(9-13)6-8-17-12/h1-4H,5-9H2/t12-/m0/s1. The molecule has 5 nitrogen and oxygen atoms in total. The summed E-state index contributed by atoms with van der Waals surface area (Å²) in [6, 6.07) is 6.75. The highest BCUT2D eigenvalue weighted by Crippen LogP contribution is 2.38. The molecule has 2 aliphatic rings. The van der Waals surface area contributed by atoms with E-state index in [1.807, 2.05) is 12.1 Å². The number of nitro groups is 1. The summed E-state index contributed by atoms with van der Waals surface area (Å²) in [5, 5.41) is 10.6. The Bertz CT molecular complexity index is 440. The smallest absolute Gasteiger partial charge is 0.269 e. The van der Waals surface area contributed by atoms with Crippen molar-refractivity contribution in [1.29, 1.82) is 0 Å². The Morgan fingerprint density at radius 2 is 2.00 bits per heavy atom. The van der Waals surface area contributed by atoms with Crippen molar-refractivity contribution >= 4 is 11.4 Å². The molecular weight excluding hydrogens is 220 g/mol. The average molecular weight is 234 g/mol. The fraction of sp³-hybridized carbons (Fsp3) is 0.500. The van der Waals surface area contributed by atoms with Gasteiger partial charge in [-0.15, -0.1) is 0 Å². The van der Waals surface area contributed by atoms with Crippen LogP contribution in [0.15, 0.2) is 24.3 Å². The van der Waals surface area contributed by atoms with Crippen molar-refractivity contribution in [3.63, 3.8) is 0 Å². The van der Waals surface area contributed by atoms with Gasteiger partial charge in [0.25, 0.3) is 5.69 Å². The maximum Gasteiger partial charge on any atom is 0.269 e. The van der Waals surface area contributed by atoms with Crippen molar-refractivity contribution in [2.24, 2.45) is 0 Å². The Balaban J connectivity index is 1.74. The van der Waals surface area contributed by atoms with E-state index in [0.717, 1.165) is 38.2 Å². The molecule has 90 valence electrons. The molecule has 2 heterocycles. The zero-order valence-corrected chi connectivity index (χ0v) is 9.46. The van der Waals surface area contributed by atoms with Crippen molar-refractivity contribution in [3.8, 4) is 0 Å². The lowest BCUT2D eigenvalue weighted by Gasteiger charge is -2.38. The highest BCUT2D eigenvalue weighted by molar-refractivity contribution is 5.52. The van der Waals surface area contributed by atoms with Crippen molar-refractivity contribution in [2.45, 2.75) is 18.4 Å². The predicted molar refractivity (Wildman–Crippen MR) is 63.2 cm³/mol. The van der Waals surface area contributed by atoms with Gasteiger partial charge in [0.1, 0.15) is 0 Å². The third kappa shape index (κ3) is 1.76. The molecule has 0 aliphatic carbocycles. The summed E-state index contributed by atoms with van der Waals surface area (Å²) in [4.78, 5) is 12.4. The van der Waals surface area contributed by atoms with Crippen molar-refractivity contribution < 1.29 is 9.66 Å². The number of rotatable bonds is 2. The Hall–Kier alpha value is -1.62. The van der Waals surface area contributed by atoms with Crippen LogP contribution in [0.3, 0.4) is 0 Å². The van der Waals surface area contributed by atoms with Gasteiger partial charge in [-0.1, -0.05) is 0 Å². The molecule has 2 fully saturated rings. The summed E-state index contributed by atoms with van der Waals surface area (Å²) in [6.07, 6.45) is 2.19. The molecule has 5 heteroatoms. The maximum atomic E-state index is 10.6. The first-order valence-corrected chi connectivity index (χ1v) is 5.82. The number of anilines is 1. The lowest BCUT2D eigenvalue weighted by Crippen LogP contribution is -2.45. The van der Waals surface area contributed by atoms with E-state index in [1.54, 1.807) is 12.1 Å². The van der Waals surface area contributed by atoms with Gasteiger partial charge in [0.05, 0.1) is 17.1 Å². The molecule has 0 saturated carbocycles. The molecule has 1 aromatic carbocycles. The molecule has 0 aromatic heterocycles. The van der Waals surface area contributed by atoms with Crippen LogP contribution in [-0.4, -0.2) is 30.2 Å². The third-order valence-electron chi connectivity index (χ3n) is 3.71. The summed E-state index contributed by atoms with van der Waals surface area (Å²) < 4.78 is 5.64. The summed E-state index contributed by atoms with van der Waals surface area (Å²) in [7, 11) is 0. The number of non-ortho nitro benzene ring substituents is 1. The number of hydrogen-bond acceptors (Lipinski definition) is 4. The van der Waals surface area contributed by atoms with E-state index in [4.69, 9.17) is 4.74 Å². The van der Waals surface area contributed by atoms with E-state index in [0.29, 0.717) is 0 Å². The SMILES string of the molecule is O=[N+]([O-])c1ccc(N2CC[C@]3(CCO3)C2)cc1. The molecule has 1 spiro atoms. The second-order valence-corrected chi connectivity index (χ2v) is 4.73. The van der Waals surface area contributed by atoms with E-state index in [1.165, 1.54) is 0 Å². The van der Waals surface area contributed by atoms with E-state index in [2.05, 4.69) is 4.90 Å². The Labute approximate surface area is 99.1 Å². The highest BCUT2D eigenvalue weighted by Gasteiger charge is 2.44. The van der Waals surface area contributed by atoms with Crippen LogP contribution in [0.5, 0.6) is 0 Å². The van der Waals surface area contributed by atoms with Crippen LogP contribution in [0, 0.1) is 10.1 Å². The van der Waals surface area contributed by atoms with Crippen LogP contribution in [0.1, 0.15) is 12.8 Å². The predicted octanol–water partition coefficient (Wildman–Crippen LogP) is 1.96. The van der Waals surface area contributed by atoms with Gasteiger partial charge >= 0.3 is 0 Å². The third-order valence-corrected chi connectivity index (χ3v) is 3.71. The van der Waals surface area contributed by atoms with E-state index < -0.39 is 0 Å².